The lowest BCUT2D eigenvalue weighted by Crippen LogP contribution is -2.37. The lowest BCUT2D eigenvalue weighted by atomic mass is 9.99. The fourth-order valence-electron chi connectivity index (χ4n) is 2.38. The number of anilines is 1. The Hall–Kier alpha value is -2.62. The second-order valence-electron chi connectivity index (χ2n) is 4.69. The van der Waals surface area contributed by atoms with Gasteiger partial charge in [-0.2, -0.15) is 0 Å². The van der Waals surface area contributed by atoms with Gasteiger partial charge in [0.1, 0.15) is 5.75 Å². The number of hydrogen-bond donors (Lipinski definition) is 1. The number of phenols is 1. The molecule has 4 heteroatoms. The highest BCUT2D eigenvalue weighted by Crippen LogP contribution is 2.28. The number of Topliss-reactive ketones (excluding diaryl/α,β-unsaturated/α-hetero) is 1. The third-order valence-corrected chi connectivity index (χ3v) is 3.42. The molecule has 1 heterocycles. The van der Waals surface area contributed by atoms with E-state index in [0.29, 0.717) is 29.8 Å². The summed E-state index contributed by atoms with van der Waals surface area (Å²) in [6.07, 6.45) is 0.334. The second kappa shape index (κ2) is 4.81. The number of carbonyl (C=O) groups is 2. The van der Waals surface area contributed by atoms with Gasteiger partial charge in [0, 0.05) is 24.1 Å². The number of amides is 1. The maximum atomic E-state index is 12.5. The van der Waals surface area contributed by atoms with E-state index < -0.39 is 0 Å². The molecule has 2 aromatic carbocycles. The lowest BCUT2D eigenvalue weighted by Gasteiger charge is -2.28. The van der Waals surface area contributed by atoms with Crippen molar-refractivity contribution < 1.29 is 14.7 Å². The number of rotatable bonds is 1. The van der Waals surface area contributed by atoms with Crippen LogP contribution in [0.2, 0.25) is 0 Å². The van der Waals surface area contributed by atoms with Gasteiger partial charge >= 0.3 is 0 Å². The van der Waals surface area contributed by atoms with E-state index in [9.17, 15) is 14.7 Å². The summed E-state index contributed by atoms with van der Waals surface area (Å²) in [7, 11) is 0. The molecule has 0 radical (unpaired) electrons. The number of carbonyl (C=O) groups excluding carboxylic acids is 2. The van der Waals surface area contributed by atoms with Crippen molar-refractivity contribution in [1.29, 1.82) is 0 Å². The van der Waals surface area contributed by atoms with E-state index in [2.05, 4.69) is 0 Å². The van der Waals surface area contributed by atoms with Crippen LogP contribution in [0.5, 0.6) is 5.75 Å². The molecule has 0 unspecified atom stereocenters. The van der Waals surface area contributed by atoms with Crippen LogP contribution in [0.1, 0.15) is 27.1 Å². The van der Waals surface area contributed by atoms with Crippen molar-refractivity contribution in [3.63, 3.8) is 0 Å². The highest BCUT2D eigenvalue weighted by molar-refractivity contribution is 6.13. The second-order valence-corrected chi connectivity index (χ2v) is 4.69. The summed E-state index contributed by atoms with van der Waals surface area (Å²) >= 11 is 0. The summed E-state index contributed by atoms with van der Waals surface area (Å²) in [5.41, 5.74) is 1.74. The number of para-hydroxylation sites is 1. The van der Waals surface area contributed by atoms with Gasteiger partial charge in [0.2, 0.25) is 0 Å². The van der Waals surface area contributed by atoms with Crippen LogP contribution < -0.4 is 4.90 Å². The molecule has 2 aromatic rings. The van der Waals surface area contributed by atoms with Crippen LogP contribution >= 0.6 is 0 Å². The van der Waals surface area contributed by atoms with Gasteiger partial charge in [0.15, 0.2) is 5.78 Å². The van der Waals surface area contributed by atoms with Gasteiger partial charge in [-0.25, -0.2) is 0 Å². The van der Waals surface area contributed by atoms with Crippen molar-refractivity contribution in [1.82, 2.24) is 0 Å². The van der Waals surface area contributed by atoms with Crippen molar-refractivity contribution in [2.45, 2.75) is 6.42 Å². The average molecular weight is 267 g/mol. The normalized spacial score (nSPS) is 14.0. The van der Waals surface area contributed by atoms with Crippen LogP contribution in [0, 0.1) is 0 Å². The van der Waals surface area contributed by atoms with Gasteiger partial charge < -0.3 is 10.0 Å². The Morgan fingerprint density at radius 2 is 1.75 bits per heavy atom. The van der Waals surface area contributed by atoms with Crippen molar-refractivity contribution in [2.24, 2.45) is 0 Å². The summed E-state index contributed by atoms with van der Waals surface area (Å²) in [5, 5.41) is 9.27. The van der Waals surface area contributed by atoms with Gasteiger partial charge in [-0.1, -0.05) is 12.1 Å². The first-order valence-electron chi connectivity index (χ1n) is 6.40. The number of aromatic hydroxyl groups is 1. The maximum Gasteiger partial charge on any atom is 0.258 e. The third kappa shape index (κ3) is 2.05. The molecule has 1 aliphatic rings. The van der Waals surface area contributed by atoms with E-state index in [1.165, 1.54) is 12.1 Å². The monoisotopic (exact) mass is 267 g/mol. The first-order valence-corrected chi connectivity index (χ1v) is 6.40. The molecule has 20 heavy (non-hydrogen) atoms. The van der Waals surface area contributed by atoms with Crippen LogP contribution in [0.4, 0.5) is 5.69 Å². The third-order valence-electron chi connectivity index (χ3n) is 3.42. The smallest absolute Gasteiger partial charge is 0.258 e. The molecule has 1 amide bonds. The Kier molecular flexibility index (Phi) is 2.99. The molecule has 0 spiro atoms. The Morgan fingerprint density at radius 3 is 2.50 bits per heavy atom. The molecular weight excluding hydrogens is 254 g/mol. The fourth-order valence-corrected chi connectivity index (χ4v) is 2.38. The number of ketones is 1. The predicted molar refractivity (Wildman–Crippen MR) is 75.2 cm³/mol. The van der Waals surface area contributed by atoms with Crippen LogP contribution in [-0.4, -0.2) is 23.3 Å². The predicted octanol–water partition coefficient (Wildman–Crippen LogP) is 2.63. The Labute approximate surface area is 116 Å². The van der Waals surface area contributed by atoms with Gasteiger partial charge in [-0.05, 0) is 36.4 Å². The van der Waals surface area contributed by atoms with E-state index in [-0.39, 0.29) is 17.4 Å². The Balaban J connectivity index is 1.99. The minimum Gasteiger partial charge on any atom is -0.508 e. The quantitative estimate of drug-likeness (QED) is 0.864. The van der Waals surface area contributed by atoms with Gasteiger partial charge in [-0.3, -0.25) is 9.59 Å². The SMILES string of the molecule is O=C1CCN(C(=O)c2ccc(O)cc2)c2ccccc21. The van der Waals surface area contributed by atoms with Crippen molar-refractivity contribution in [3.05, 3.63) is 59.7 Å². The summed E-state index contributed by atoms with van der Waals surface area (Å²) in [4.78, 5) is 26.0. The molecule has 0 aromatic heterocycles. The minimum absolute atomic E-state index is 0.0651. The molecule has 0 fully saturated rings. The lowest BCUT2D eigenvalue weighted by molar-refractivity contribution is 0.0955. The van der Waals surface area contributed by atoms with Crippen molar-refractivity contribution in [2.75, 3.05) is 11.4 Å². The van der Waals surface area contributed by atoms with E-state index in [1.54, 1.807) is 35.2 Å². The molecule has 0 aliphatic carbocycles. The molecule has 3 rings (SSSR count). The van der Waals surface area contributed by atoms with E-state index in [4.69, 9.17) is 0 Å². The standard InChI is InChI=1S/C16H13NO3/c18-12-7-5-11(6-8-12)16(20)17-10-9-15(19)13-3-1-2-4-14(13)17/h1-8,18H,9-10H2. The van der Waals surface area contributed by atoms with Crippen LogP contribution in [0.15, 0.2) is 48.5 Å². The van der Waals surface area contributed by atoms with Crippen molar-refractivity contribution in [3.8, 4) is 5.75 Å². The highest BCUT2D eigenvalue weighted by atomic mass is 16.3. The number of fused-ring (bicyclic) bond motifs is 1. The van der Waals surface area contributed by atoms with Gasteiger partial charge in [0.25, 0.3) is 5.91 Å². The van der Waals surface area contributed by atoms with Crippen LogP contribution in [0.25, 0.3) is 0 Å². The van der Waals surface area contributed by atoms with E-state index in [1.807, 2.05) is 6.07 Å². The first-order chi connectivity index (χ1) is 9.66. The molecule has 4 nitrogen and oxygen atoms in total. The topological polar surface area (TPSA) is 57.6 Å². The van der Waals surface area contributed by atoms with Crippen molar-refractivity contribution >= 4 is 17.4 Å². The highest BCUT2D eigenvalue weighted by Gasteiger charge is 2.27. The summed E-state index contributed by atoms with van der Waals surface area (Å²) in [5.74, 6) is 0.0241. The fraction of sp³-hybridized carbons (Fsp3) is 0.125. The molecular formula is C16H13NO3. The molecule has 100 valence electrons. The van der Waals surface area contributed by atoms with Gasteiger partial charge in [-0.15, -0.1) is 0 Å². The number of benzene rings is 2. The Morgan fingerprint density at radius 1 is 1.05 bits per heavy atom. The van der Waals surface area contributed by atoms with Crippen LogP contribution in [-0.2, 0) is 0 Å². The molecule has 1 aliphatic heterocycles. The molecule has 0 saturated heterocycles. The summed E-state index contributed by atoms with van der Waals surface area (Å²) < 4.78 is 0. The number of phenolic OH excluding ortho intramolecular Hbond substituents is 1. The Bertz CT molecular complexity index is 676. The van der Waals surface area contributed by atoms with E-state index in [0.717, 1.165) is 0 Å². The number of hydrogen-bond acceptors (Lipinski definition) is 3. The largest absolute Gasteiger partial charge is 0.508 e. The molecule has 1 N–H and O–H groups in total. The van der Waals surface area contributed by atoms with E-state index >= 15 is 0 Å². The maximum absolute atomic E-state index is 12.5. The zero-order valence-corrected chi connectivity index (χ0v) is 10.7. The summed E-state index contributed by atoms with van der Waals surface area (Å²) in [6, 6.07) is 13.3. The minimum atomic E-state index is -0.162. The zero-order valence-electron chi connectivity index (χ0n) is 10.7. The zero-order chi connectivity index (χ0) is 14.1. The molecule has 0 saturated carbocycles. The average Bonchev–Trinajstić information content (AvgIpc) is 2.48. The van der Waals surface area contributed by atoms with Gasteiger partial charge in [0.05, 0.1) is 5.69 Å². The summed E-state index contributed by atoms with van der Waals surface area (Å²) in [6.45, 7) is 0.384. The first kappa shape index (κ1) is 12.4. The molecule has 0 atom stereocenters. The van der Waals surface area contributed by atoms with Crippen LogP contribution in [0.3, 0.4) is 0 Å². The molecule has 0 bridgehead atoms. The number of nitrogens with zero attached hydrogens (tertiary/aromatic N) is 1.